The first-order chi connectivity index (χ1) is 11.6. The molecule has 3 rings (SSSR count). The quantitative estimate of drug-likeness (QED) is 0.819. The van der Waals surface area contributed by atoms with Crippen LogP contribution >= 0.6 is 15.9 Å². The van der Waals surface area contributed by atoms with Gasteiger partial charge in [-0.05, 0) is 43.5 Å². The summed E-state index contributed by atoms with van der Waals surface area (Å²) in [6, 6.07) is 5.93. The molecular formula is C17H19BrN4O2. The minimum Gasteiger partial charge on any atom is -0.376 e. The van der Waals surface area contributed by atoms with Crippen molar-refractivity contribution < 1.29 is 9.53 Å². The van der Waals surface area contributed by atoms with Gasteiger partial charge < -0.3 is 15.4 Å². The van der Waals surface area contributed by atoms with Crippen LogP contribution < -0.4 is 10.6 Å². The molecule has 24 heavy (non-hydrogen) atoms. The molecule has 6 nitrogen and oxygen atoms in total. The fraction of sp³-hybridized carbons (Fsp3) is 0.353. The second-order valence-corrected chi connectivity index (χ2v) is 6.63. The first-order valence-corrected chi connectivity index (χ1v) is 8.66. The first-order valence-electron chi connectivity index (χ1n) is 7.87. The molecule has 0 radical (unpaired) electrons. The van der Waals surface area contributed by atoms with Crippen LogP contribution in [0.5, 0.6) is 0 Å². The van der Waals surface area contributed by atoms with Gasteiger partial charge in [-0.3, -0.25) is 4.79 Å². The lowest BCUT2D eigenvalue weighted by Crippen LogP contribution is -2.32. The lowest BCUT2D eigenvalue weighted by molar-refractivity contribution is 0.0853. The zero-order chi connectivity index (χ0) is 16.9. The van der Waals surface area contributed by atoms with Crippen molar-refractivity contribution in [2.45, 2.75) is 25.9 Å². The van der Waals surface area contributed by atoms with Crippen molar-refractivity contribution in [3.8, 4) is 0 Å². The number of hydrogen-bond donors (Lipinski definition) is 2. The van der Waals surface area contributed by atoms with Crippen LogP contribution in [0, 0.1) is 6.92 Å². The molecule has 0 aliphatic carbocycles. The third-order valence-corrected chi connectivity index (χ3v) is 4.34. The summed E-state index contributed by atoms with van der Waals surface area (Å²) in [6.07, 6.45) is 5.18. The Kier molecular flexibility index (Phi) is 5.42. The van der Waals surface area contributed by atoms with Crippen molar-refractivity contribution in [3.63, 3.8) is 0 Å². The van der Waals surface area contributed by atoms with Crippen LogP contribution in [0.3, 0.4) is 0 Å². The lowest BCUT2D eigenvalue weighted by atomic mass is 10.2. The minimum atomic E-state index is -0.232. The Morgan fingerprint density at radius 1 is 1.38 bits per heavy atom. The van der Waals surface area contributed by atoms with Crippen LogP contribution in [-0.4, -0.2) is 35.1 Å². The van der Waals surface area contributed by atoms with E-state index in [9.17, 15) is 4.79 Å². The summed E-state index contributed by atoms with van der Waals surface area (Å²) in [5.41, 5.74) is 2.33. The van der Waals surface area contributed by atoms with Crippen molar-refractivity contribution in [2.24, 2.45) is 0 Å². The van der Waals surface area contributed by atoms with Crippen LogP contribution in [0.25, 0.3) is 0 Å². The van der Waals surface area contributed by atoms with E-state index in [4.69, 9.17) is 4.74 Å². The molecule has 2 aromatic rings. The fourth-order valence-electron chi connectivity index (χ4n) is 2.52. The summed E-state index contributed by atoms with van der Waals surface area (Å²) < 4.78 is 6.50. The second-order valence-electron chi connectivity index (χ2n) is 5.72. The van der Waals surface area contributed by atoms with Gasteiger partial charge in [0.1, 0.15) is 11.5 Å². The number of carbonyl (C=O) groups is 1. The molecule has 1 amide bonds. The average Bonchev–Trinajstić information content (AvgIpc) is 3.09. The number of benzene rings is 1. The summed E-state index contributed by atoms with van der Waals surface area (Å²) in [4.78, 5) is 20.5. The van der Waals surface area contributed by atoms with Gasteiger partial charge in [0.25, 0.3) is 5.91 Å². The van der Waals surface area contributed by atoms with E-state index in [1.165, 1.54) is 6.20 Å². The maximum Gasteiger partial charge on any atom is 0.271 e. The number of nitrogens with zero attached hydrogens (tertiary/aromatic N) is 2. The molecule has 0 spiro atoms. The molecule has 2 heterocycles. The van der Waals surface area contributed by atoms with Gasteiger partial charge in [-0.25, -0.2) is 9.97 Å². The molecule has 1 aliphatic heterocycles. The van der Waals surface area contributed by atoms with Gasteiger partial charge in [-0.2, -0.15) is 0 Å². The Bertz CT molecular complexity index is 715. The molecule has 0 bridgehead atoms. The normalized spacial score (nSPS) is 16.8. The first kappa shape index (κ1) is 16.9. The molecule has 1 aromatic heterocycles. The number of carbonyl (C=O) groups excluding carboxylic acids is 1. The van der Waals surface area contributed by atoms with Gasteiger partial charge in [0.2, 0.25) is 0 Å². The molecule has 1 fully saturated rings. The second kappa shape index (κ2) is 7.72. The van der Waals surface area contributed by atoms with Crippen molar-refractivity contribution in [1.29, 1.82) is 0 Å². The molecule has 1 aliphatic rings. The number of halogens is 1. The molecule has 2 N–H and O–H groups in total. The molecule has 1 unspecified atom stereocenters. The lowest BCUT2D eigenvalue weighted by Gasteiger charge is -2.11. The number of aromatic nitrogens is 2. The molecule has 1 saturated heterocycles. The number of amides is 1. The SMILES string of the molecule is Cc1cc(Br)ccc1Nc1cnc(C(=O)NCC2CCCO2)cn1. The van der Waals surface area contributed by atoms with Crippen LogP contribution in [0.2, 0.25) is 0 Å². The predicted octanol–water partition coefficient (Wildman–Crippen LogP) is 3.20. The molecule has 126 valence electrons. The topological polar surface area (TPSA) is 76.1 Å². The Morgan fingerprint density at radius 3 is 2.92 bits per heavy atom. The van der Waals surface area contributed by atoms with Crippen LogP contribution in [-0.2, 0) is 4.74 Å². The number of rotatable bonds is 5. The molecular weight excluding hydrogens is 372 g/mol. The van der Waals surface area contributed by atoms with E-state index in [0.29, 0.717) is 18.1 Å². The maximum atomic E-state index is 12.1. The minimum absolute atomic E-state index is 0.114. The summed E-state index contributed by atoms with van der Waals surface area (Å²) in [6.45, 7) is 3.29. The van der Waals surface area contributed by atoms with Gasteiger partial charge >= 0.3 is 0 Å². The molecule has 7 heteroatoms. The van der Waals surface area contributed by atoms with Gasteiger partial charge in [0.05, 0.1) is 18.5 Å². The standard InChI is InChI=1S/C17H19BrN4O2/c1-11-7-12(18)4-5-14(11)22-16-10-19-15(9-20-16)17(23)21-8-13-3-2-6-24-13/h4-5,7,9-10,13H,2-3,6,8H2,1H3,(H,20,22)(H,21,23). The smallest absolute Gasteiger partial charge is 0.271 e. The third kappa shape index (κ3) is 4.30. The van der Waals surface area contributed by atoms with Crippen LogP contribution in [0.1, 0.15) is 28.9 Å². The highest BCUT2D eigenvalue weighted by Crippen LogP contribution is 2.22. The summed E-state index contributed by atoms with van der Waals surface area (Å²) in [7, 11) is 0. The van der Waals surface area contributed by atoms with Crippen LogP contribution in [0.4, 0.5) is 11.5 Å². The van der Waals surface area contributed by atoms with Gasteiger partial charge in [0, 0.05) is 23.3 Å². The van der Waals surface area contributed by atoms with Crippen molar-refractivity contribution in [3.05, 3.63) is 46.3 Å². The maximum absolute atomic E-state index is 12.1. The predicted molar refractivity (Wildman–Crippen MR) is 95.5 cm³/mol. The largest absolute Gasteiger partial charge is 0.376 e. The molecule has 0 saturated carbocycles. The Hall–Kier alpha value is -1.99. The van der Waals surface area contributed by atoms with Crippen molar-refractivity contribution in [1.82, 2.24) is 15.3 Å². The van der Waals surface area contributed by atoms with Gasteiger partial charge in [-0.15, -0.1) is 0 Å². The number of anilines is 2. The Morgan fingerprint density at radius 2 is 2.25 bits per heavy atom. The summed E-state index contributed by atoms with van der Waals surface area (Å²) in [5.74, 6) is 0.362. The van der Waals surface area contributed by atoms with E-state index >= 15 is 0 Å². The van der Waals surface area contributed by atoms with E-state index in [2.05, 4.69) is 36.5 Å². The zero-order valence-corrected chi connectivity index (χ0v) is 15.0. The van der Waals surface area contributed by atoms with Crippen molar-refractivity contribution >= 4 is 33.3 Å². The molecule has 1 atom stereocenters. The monoisotopic (exact) mass is 390 g/mol. The Labute approximate surface area is 149 Å². The number of hydrogen-bond acceptors (Lipinski definition) is 5. The zero-order valence-electron chi connectivity index (χ0n) is 13.4. The average molecular weight is 391 g/mol. The molecule has 1 aromatic carbocycles. The highest BCUT2D eigenvalue weighted by atomic mass is 79.9. The highest BCUT2D eigenvalue weighted by molar-refractivity contribution is 9.10. The summed E-state index contributed by atoms with van der Waals surface area (Å²) in [5, 5.41) is 6.03. The fourth-order valence-corrected chi connectivity index (χ4v) is 2.99. The van der Waals surface area contributed by atoms with Crippen LogP contribution in [0.15, 0.2) is 35.1 Å². The van der Waals surface area contributed by atoms with E-state index in [1.54, 1.807) is 6.20 Å². The van der Waals surface area contributed by atoms with Gasteiger partial charge in [-0.1, -0.05) is 15.9 Å². The third-order valence-electron chi connectivity index (χ3n) is 3.85. The number of aryl methyl sites for hydroxylation is 1. The van der Waals surface area contributed by atoms with E-state index < -0.39 is 0 Å². The number of ether oxygens (including phenoxy) is 1. The number of nitrogens with one attached hydrogen (secondary N) is 2. The Balaban J connectivity index is 1.59. The summed E-state index contributed by atoms with van der Waals surface area (Å²) >= 11 is 3.44. The highest BCUT2D eigenvalue weighted by Gasteiger charge is 2.17. The van der Waals surface area contributed by atoms with Gasteiger partial charge in [0.15, 0.2) is 0 Å². The van der Waals surface area contributed by atoms with Crippen molar-refractivity contribution in [2.75, 3.05) is 18.5 Å². The van der Waals surface area contributed by atoms with E-state index in [0.717, 1.165) is 35.2 Å². The van der Waals surface area contributed by atoms with E-state index in [-0.39, 0.29) is 12.0 Å². The van der Waals surface area contributed by atoms with E-state index in [1.807, 2.05) is 25.1 Å².